The van der Waals surface area contributed by atoms with E-state index in [0.29, 0.717) is 21.5 Å². The van der Waals surface area contributed by atoms with Crippen molar-refractivity contribution in [3.8, 4) is 5.75 Å². The SMILES string of the molecule is COc1ccccc1N(CC(O)Cn1c2ccc(Cl)cc2c2cc(Cl)ccc21)S(=O)(=O)c1ccccc1. The topological polar surface area (TPSA) is 71.8 Å². The second-order valence-corrected chi connectivity index (χ2v) is 11.3. The third kappa shape index (κ3) is 4.88. The molecule has 6 nitrogen and oxygen atoms in total. The maximum atomic E-state index is 13.8. The summed E-state index contributed by atoms with van der Waals surface area (Å²) < 4.78 is 36.1. The van der Waals surface area contributed by atoms with Crippen molar-refractivity contribution in [2.75, 3.05) is 18.0 Å². The van der Waals surface area contributed by atoms with Gasteiger partial charge in [0.25, 0.3) is 10.0 Å². The van der Waals surface area contributed by atoms with E-state index in [2.05, 4.69) is 0 Å². The maximum absolute atomic E-state index is 13.8. The van der Waals surface area contributed by atoms with Gasteiger partial charge >= 0.3 is 0 Å². The summed E-state index contributed by atoms with van der Waals surface area (Å²) in [4.78, 5) is 0.120. The Kier molecular flexibility index (Phi) is 7.05. The summed E-state index contributed by atoms with van der Waals surface area (Å²) in [6, 6.07) is 26.1. The summed E-state index contributed by atoms with van der Waals surface area (Å²) >= 11 is 12.5. The molecule has 0 aliphatic carbocycles. The minimum Gasteiger partial charge on any atom is -0.495 e. The van der Waals surface area contributed by atoms with Crippen molar-refractivity contribution in [2.45, 2.75) is 17.5 Å². The van der Waals surface area contributed by atoms with Crippen LogP contribution < -0.4 is 9.04 Å². The first kappa shape index (κ1) is 25.4. The summed E-state index contributed by atoms with van der Waals surface area (Å²) in [7, 11) is -2.52. The third-order valence-electron chi connectivity index (χ3n) is 6.24. The molecule has 0 radical (unpaired) electrons. The van der Waals surface area contributed by atoms with E-state index in [1.807, 2.05) is 28.8 Å². The Morgan fingerprint density at radius 2 is 1.43 bits per heavy atom. The summed E-state index contributed by atoms with van der Waals surface area (Å²) in [5.74, 6) is 0.385. The normalized spacial score (nSPS) is 12.6. The molecular formula is C28H24Cl2N2O4S. The van der Waals surface area contributed by atoms with Crippen LogP contribution in [0.5, 0.6) is 5.75 Å². The van der Waals surface area contributed by atoms with Gasteiger partial charge in [0.2, 0.25) is 0 Å². The number of aromatic nitrogens is 1. The highest BCUT2D eigenvalue weighted by Gasteiger charge is 2.29. The van der Waals surface area contributed by atoms with Crippen molar-refractivity contribution < 1.29 is 18.3 Å². The Hall–Kier alpha value is -3.23. The molecular weight excluding hydrogens is 531 g/mol. The number of hydrogen-bond acceptors (Lipinski definition) is 4. The van der Waals surface area contributed by atoms with Crippen LogP contribution in [0.2, 0.25) is 10.0 Å². The summed E-state index contributed by atoms with van der Waals surface area (Å²) in [5.41, 5.74) is 2.06. The van der Waals surface area contributed by atoms with Crippen molar-refractivity contribution in [2.24, 2.45) is 0 Å². The number of aliphatic hydroxyl groups excluding tert-OH is 1. The van der Waals surface area contributed by atoms with Crippen LogP contribution in [0, 0.1) is 0 Å². The zero-order chi connectivity index (χ0) is 26.2. The molecule has 4 aromatic carbocycles. The Morgan fingerprint density at radius 1 is 0.865 bits per heavy atom. The average Bonchev–Trinajstić information content (AvgIpc) is 3.19. The zero-order valence-corrected chi connectivity index (χ0v) is 22.2. The number of anilines is 1. The van der Waals surface area contributed by atoms with Gasteiger partial charge in [0.05, 0.1) is 36.9 Å². The van der Waals surface area contributed by atoms with E-state index < -0.39 is 16.1 Å². The molecule has 1 unspecified atom stereocenters. The molecule has 0 bridgehead atoms. The number of rotatable bonds is 8. The van der Waals surface area contributed by atoms with Crippen molar-refractivity contribution >= 4 is 60.7 Å². The molecule has 0 aliphatic rings. The first-order valence-corrected chi connectivity index (χ1v) is 13.7. The molecule has 0 fully saturated rings. The van der Waals surface area contributed by atoms with Crippen LogP contribution in [0.25, 0.3) is 21.8 Å². The lowest BCUT2D eigenvalue weighted by Gasteiger charge is -2.28. The van der Waals surface area contributed by atoms with Crippen molar-refractivity contribution in [3.63, 3.8) is 0 Å². The van der Waals surface area contributed by atoms with E-state index in [-0.39, 0.29) is 18.0 Å². The van der Waals surface area contributed by atoms with Crippen LogP contribution in [0.3, 0.4) is 0 Å². The lowest BCUT2D eigenvalue weighted by molar-refractivity contribution is 0.166. The Labute approximate surface area is 225 Å². The molecule has 9 heteroatoms. The van der Waals surface area contributed by atoms with Crippen LogP contribution in [0.15, 0.2) is 95.9 Å². The van der Waals surface area contributed by atoms with Gasteiger partial charge in [-0.2, -0.15) is 0 Å². The fourth-order valence-electron chi connectivity index (χ4n) is 4.59. The molecule has 1 aromatic heterocycles. The molecule has 0 spiro atoms. The summed E-state index contributed by atoms with van der Waals surface area (Å²) in [6.45, 7) is -0.0564. The first-order chi connectivity index (χ1) is 17.8. The van der Waals surface area contributed by atoms with Gasteiger partial charge in [-0.1, -0.05) is 53.5 Å². The smallest absolute Gasteiger partial charge is 0.264 e. The summed E-state index contributed by atoms with van der Waals surface area (Å²) in [5, 5.41) is 14.3. The molecule has 1 N–H and O–H groups in total. The Balaban J connectivity index is 1.57. The fourth-order valence-corrected chi connectivity index (χ4v) is 6.46. The van der Waals surface area contributed by atoms with E-state index >= 15 is 0 Å². The van der Waals surface area contributed by atoms with Crippen LogP contribution >= 0.6 is 23.2 Å². The highest BCUT2D eigenvalue weighted by Crippen LogP contribution is 2.35. The largest absolute Gasteiger partial charge is 0.495 e. The second kappa shape index (κ2) is 10.3. The molecule has 190 valence electrons. The Morgan fingerprint density at radius 3 is 2.03 bits per heavy atom. The van der Waals surface area contributed by atoms with E-state index in [4.69, 9.17) is 27.9 Å². The second-order valence-electron chi connectivity index (χ2n) is 8.61. The molecule has 0 amide bonds. The number of ether oxygens (including phenoxy) is 1. The molecule has 0 aliphatic heterocycles. The number of sulfonamides is 1. The highest BCUT2D eigenvalue weighted by molar-refractivity contribution is 7.92. The van der Waals surface area contributed by atoms with E-state index in [0.717, 1.165) is 21.8 Å². The standard InChI is InChI=1S/C28H24Cl2N2O4S/c1-36-28-10-6-5-9-27(28)32(37(34,35)22-7-3-2-4-8-22)18-21(33)17-31-25-13-11-19(29)15-23(25)24-16-20(30)12-14-26(24)31/h2-16,21,33H,17-18H2,1H3. The van der Waals surface area contributed by atoms with Gasteiger partial charge in [-0.3, -0.25) is 4.31 Å². The van der Waals surface area contributed by atoms with E-state index in [1.165, 1.54) is 23.5 Å². The molecule has 5 rings (SSSR count). The minimum absolute atomic E-state index is 0.120. The van der Waals surface area contributed by atoms with Crippen LogP contribution in [0.1, 0.15) is 0 Å². The molecule has 0 saturated heterocycles. The van der Waals surface area contributed by atoms with Crippen molar-refractivity contribution in [1.82, 2.24) is 4.57 Å². The van der Waals surface area contributed by atoms with Gasteiger partial charge in [-0.15, -0.1) is 0 Å². The van der Waals surface area contributed by atoms with Crippen molar-refractivity contribution in [1.29, 1.82) is 0 Å². The van der Waals surface area contributed by atoms with Gasteiger partial charge in [0.15, 0.2) is 0 Å². The average molecular weight is 555 g/mol. The molecule has 1 heterocycles. The van der Waals surface area contributed by atoms with Crippen LogP contribution in [-0.2, 0) is 16.6 Å². The highest BCUT2D eigenvalue weighted by atomic mass is 35.5. The molecule has 37 heavy (non-hydrogen) atoms. The number of halogens is 2. The lowest BCUT2D eigenvalue weighted by Crippen LogP contribution is -2.39. The molecule has 0 saturated carbocycles. The number of para-hydroxylation sites is 2. The van der Waals surface area contributed by atoms with Gasteiger partial charge in [-0.25, -0.2) is 8.42 Å². The quantitative estimate of drug-likeness (QED) is 0.242. The fraction of sp³-hybridized carbons (Fsp3) is 0.143. The predicted octanol–water partition coefficient (Wildman–Crippen LogP) is 6.37. The predicted molar refractivity (Wildman–Crippen MR) is 149 cm³/mol. The maximum Gasteiger partial charge on any atom is 0.264 e. The van der Waals surface area contributed by atoms with Crippen LogP contribution in [-0.4, -0.2) is 37.8 Å². The number of aliphatic hydroxyl groups is 1. The third-order valence-corrected chi connectivity index (χ3v) is 8.51. The first-order valence-electron chi connectivity index (χ1n) is 11.6. The molecule has 5 aromatic rings. The molecule has 1 atom stereocenters. The van der Waals surface area contributed by atoms with Gasteiger partial charge < -0.3 is 14.4 Å². The zero-order valence-electron chi connectivity index (χ0n) is 19.9. The number of benzene rings is 4. The monoisotopic (exact) mass is 554 g/mol. The van der Waals surface area contributed by atoms with E-state index in [1.54, 1.807) is 54.6 Å². The van der Waals surface area contributed by atoms with Gasteiger partial charge in [0.1, 0.15) is 5.75 Å². The lowest BCUT2D eigenvalue weighted by atomic mass is 10.1. The van der Waals surface area contributed by atoms with Gasteiger partial charge in [-0.05, 0) is 60.7 Å². The number of methoxy groups -OCH3 is 1. The van der Waals surface area contributed by atoms with Gasteiger partial charge in [0, 0.05) is 31.9 Å². The Bertz CT molecular complexity index is 1630. The van der Waals surface area contributed by atoms with Crippen LogP contribution in [0.4, 0.5) is 5.69 Å². The number of nitrogens with zero attached hydrogens (tertiary/aromatic N) is 2. The van der Waals surface area contributed by atoms with E-state index in [9.17, 15) is 13.5 Å². The number of fused-ring (bicyclic) bond motifs is 3. The number of hydrogen-bond donors (Lipinski definition) is 1. The van der Waals surface area contributed by atoms with Crippen molar-refractivity contribution in [3.05, 3.63) is 101 Å². The summed E-state index contributed by atoms with van der Waals surface area (Å²) in [6.07, 6.45) is -1.06. The minimum atomic E-state index is -4.01.